The van der Waals surface area contributed by atoms with Gasteiger partial charge in [0.15, 0.2) is 0 Å². The first-order valence-electron chi connectivity index (χ1n) is 6.66. The second-order valence-corrected chi connectivity index (χ2v) is 5.56. The van der Waals surface area contributed by atoms with Crippen molar-refractivity contribution in [2.24, 2.45) is 5.73 Å². The maximum Gasteiger partial charge on any atom is 0.123 e. The molecular formula is C17H20ClNO. The number of methoxy groups -OCH3 is 1. The summed E-state index contributed by atoms with van der Waals surface area (Å²) in [6, 6.07) is 12.0. The summed E-state index contributed by atoms with van der Waals surface area (Å²) in [6.45, 7) is 4.08. The maximum absolute atomic E-state index is 6.34. The molecule has 0 saturated carbocycles. The number of rotatable bonds is 4. The van der Waals surface area contributed by atoms with E-state index in [0.717, 1.165) is 27.5 Å². The van der Waals surface area contributed by atoms with Gasteiger partial charge < -0.3 is 10.5 Å². The molecule has 0 radical (unpaired) electrons. The Bertz CT molecular complexity index is 610. The van der Waals surface area contributed by atoms with Crippen LogP contribution in [-0.2, 0) is 6.42 Å². The van der Waals surface area contributed by atoms with E-state index in [9.17, 15) is 0 Å². The highest BCUT2D eigenvalue weighted by Gasteiger charge is 2.14. The molecule has 0 heterocycles. The second-order valence-electron chi connectivity index (χ2n) is 5.15. The number of halogens is 1. The van der Waals surface area contributed by atoms with Crippen LogP contribution in [0.25, 0.3) is 0 Å². The lowest BCUT2D eigenvalue weighted by atomic mass is 9.97. The fourth-order valence-corrected chi connectivity index (χ4v) is 2.62. The molecule has 0 spiro atoms. The van der Waals surface area contributed by atoms with Crippen LogP contribution in [0.2, 0.25) is 5.02 Å². The van der Waals surface area contributed by atoms with E-state index in [-0.39, 0.29) is 6.04 Å². The molecule has 2 rings (SSSR count). The molecule has 1 atom stereocenters. The Labute approximate surface area is 125 Å². The second kappa shape index (κ2) is 6.29. The Hall–Kier alpha value is -1.51. The molecule has 2 aromatic carbocycles. The van der Waals surface area contributed by atoms with E-state index >= 15 is 0 Å². The van der Waals surface area contributed by atoms with Crippen molar-refractivity contribution in [3.05, 3.63) is 63.7 Å². The number of benzene rings is 2. The van der Waals surface area contributed by atoms with Crippen molar-refractivity contribution in [2.45, 2.75) is 26.3 Å². The zero-order valence-electron chi connectivity index (χ0n) is 12.1. The lowest BCUT2D eigenvalue weighted by Gasteiger charge is -2.17. The van der Waals surface area contributed by atoms with Gasteiger partial charge in [0, 0.05) is 16.6 Å². The standard InChI is InChI=1S/C17H20ClNO/c1-11-5-7-17(20-3)14(8-11)16(19)10-13-6-4-12(2)9-15(13)18/h4-9,16H,10,19H2,1-3H3. The summed E-state index contributed by atoms with van der Waals surface area (Å²) in [5, 5.41) is 0.770. The minimum absolute atomic E-state index is 0.134. The Kier molecular flexibility index (Phi) is 4.69. The topological polar surface area (TPSA) is 35.2 Å². The van der Waals surface area contributed by atoms with Gasteiger partial charge in [0.1, 0.15) is 5.75 Å². The molecule has 0 aliphatic carbocycles. The predicted octanol–water partition coefficient (Wildman–Crippen LogP) is 4.21. The lowest BCUT2D eigenvalue weighted by molar-refractivity contribution is 0.405. The van der Waals surface area contributed by atoms with Crippen molar-refractivity contribution in [2.75, 3.05) is 7.11 Å². The minimum atomic E-state index is -0.134. The Morgan fingerprint density at radius 1 is 1.10 bits per heavy atom. The molecule has 1 unspecified atom stereocenters. The fraction of sp³-hybridized carbons (Fsp3) is 0.294. The van der Waals surface area contributed by atoms with Gasteiger partial charge in [0.25, 0.3) is 0 Å². The zero-order valence-corrected chi connectivity index (χ0v) is 12.9. The average Bonchev–Trinajstić information content (AvgIpc) is 2.41. The van der Waals surface area contributed by atoms with Crippen LogP contribution in [0.5, 0.6) is 5.75 Å². The van der Waals surface area contributed by atoms with Crippen LogP contribution in [0.3, 0.4) is 0 Å². The van der Waals surface area contributed by atoms with Crippen LogP contribution in [0, 0.1) is 13.8 Å². The van der Waals surface area contributed by atoms with Crippen molar-refractivity contribution in [1.82, 2.24) is 0 Å². The van der Waals surface area contributed by atoms with Gasteiger partial charge in [-0.25, -0.2) is 0 Å². The van der Waals surface area contributed by atoms with Gasteiger partial charge >= 0.3 is 0 Å². The van der Waals surface area contributed by atoms with Crippen LogP contribution in [0.1, 0.15) is 28.3 Å². The number of nitrogens with two attached hydrogens (primary N) is 1. The predicted molar refractivity (Wildman–Crippen MR) is 84.6 cm³/mol. The summed E-state index contributed by atoms with van der Waals surface area (Å²) < 4.78 is 5.40. The molecule has 20 heavy (non-hydrogen) atoms. The number of hydrogen-bond donors (Lipinski definition) is 1. The molecule has 0 fully saturated rings. The van der Waals surface area contributed by atoms with Gasteiger partial charge in [-0.3, -0.25) is 0 Å². The third kappa shape index (κ3) is 3.33. The van der Waals surface area contributed by atoms with Crippen molar-refractivity contribution in [3.63, 3.8) is 0 Å². The van der Waals surface area contributed by atoms with Gasteiger partial charge in [-0.15, -0.1) is 0 Å². The van der Waals surface area contributed by atoms with Crippen LogP contribution in [0.4, 0.5) is 0 Å². The average molecular weight is 290 g/mol. The molecule has 0 aliphatic heterocycles. The first-order chi connectivity index (χ1) is 9.51. The van der Waals surface area contributed by atoms with Crippen molar-refractivity contribution in [1.29, 1.82) is 0 Å². The largest absolute Gasteiger partial charge is 0.496 e. The number of ether oxygens (including phenoxy) is 1. The molecule has 3 heteroatoms. The monoisotopic (exact) mass is 289 g/mol. The third-order valence-electron chi connectivity index (χ3n) is 3.43. The van der Waals surface area contributed by atoms with Gasteiger partial charge in [-0.2, -0.15) is 0 Å². The summed E-state index contributed by atoms with van der Waals surface area (Å²) >= 11 is 6.28. The molecule has 0 amide bonds. The molecular weight excluding hydrogens is 270 g/mol. The van der Waals surface area contributed by atoms with E-state index in [4.69, 9.17) is 22.1 Å². The van der Waals surface area contributed by atoms with Crippen molar-refractivity contribution >= 4 is 11.6 Å². The highest BCUT2D eigenvalue weighted by Crippen LogP contribution is 2.29. The summed E-state index contributed by atoms with van der Waals surface area (Å²) in [5.41, 5.74) is 10.7. The maximum atomic E-state index is 6.34. The Morgan fingerprint density at radius 3 is 2.40 bits per heavy atom. The minimum Gasteiger partial charge on any atom is -0.496 e. The smallest absolute Gasteiger partial charge is 0.123 e. The van der Waals surface area contributed by atoms with E-state index in [2.05, 4.69) is 19.1 Å². The van der Waals surface area contributed by atoms with Crippen molar-refractivity contribution in [3.8, 4) is 5.75 Å². The molecule has 0 aromatic heterocycles. The normalized spacial score (nSPS) is 12.2. The number of aryl methyl sites for hydroxylation is 2. The van der Waals surface area contributed by atoms with Crippen LogP contribution in [0.15, 0.2) is 36.4 Å². The highest BCUT2D eigenvalue weighted by molar-refractivity contribution is 6.31. The van der Waals surface area contributed by atoms with Crippen LogP contribution in [-0.4, -0.2) is 7.11 Å². The molecule has 2 aromatic rings. The molecule has 2 N–H and O–H groups in total. The third-order valence-corrected chi connectivity index (χ3v) is 3.78. The van der Waals surface area contributed by atoms with Gasteiger partial charge in [-0.05, 0) is 43.5 Å². The quantitative estimate of drug-likeness (QED) is 0.915. The van der Waals surface area contributed by atoms with E-state index in [0.29, 0.717) is 6.42 Å². The van der Waals surface area contributed by atoms with E-state index in [1.165, 1.54) is 5.56 Å². The highest BCUT2D eigenvalue weighted by atomic mass is 35.5. The summed E-state index contributed by atoms with van der Waals surface area (Å²) in [6.07, 6.45) is 0.693. The zero-order chi connectivity index (χ0) is 14.7. The van der Waals surface area contributed by atoms with Gasteiger partial charge in [0.05, 0.1) is 7.11 Å². The SMILES string of the molecule is COc1ccc(C)cc1C(N)Cc1ccc(C)cc1Cl. The van der Waals surface area contributed by atoms with Crippen molar-refractivity contribution < 1.29 is 4.74 Å². The van der Waals surface area contributed by atoms with Crippen LogP contribution < -0.4 is 10.5 Å². The lowest BCUT2D eigenvalue weighted by Crippen LogP contribution is -2.15. The fourth-order valence-electron chi connectivity index (χ4n) is 2.31. The summed E-state index contributed by atoms with van der Waals surface area (Å²) in [4.78, 5) is 0. The Balaban J connectivity index is 2.27. The number of hydrogen-bond acceptors (Lipinski definition) is 2. The Morgan fingerprint density at radius 2 is 1.75 bits per heavy atom. The molecule has 0 aliphatic rings. The van der Waals surface area contributed by atoms with Crippen LogP contribution >= 0.6 is 11.6 Å². The molecule has 2 nitrogen and oxygen atoms in total. The van der Waals surface area contributed by atoms with E-state index < -0.39 is 0 Å². The molecule has 0 saturated heterocycles. The van der Waals surface area contributed by atoms with E-state index in [1.807, 2.05) is 31.2 Å². The van der Waals surface area contributed by atoms with Gasteiger partial charge in [-0.1, -0.05) is 41.4 Å². The first-order valence-corrected chi connectivity index (χ1v) is 7.04. The summed E-state index contributed by atoms with van der Waals surface area (Å²) in [7, 11) is 1.67. The van der Waals surface area contributed by atoms with Gasteiger partial charge in [0.2, 0.25) is 0 Å². The molecule has 106 valence electrons. The van der Waals surface area contributed by atoms with E-state index in [1.54, 1.807) is 7.11 Å². The molecule has 0 bridgehead atoms. The first kappa shape index (κ1) is 14.9. The summed E-state index contributed by atoms with van der Waals surface area (Å²) in [5.74, 6) is 0.825.